The van der Waals surface area contributed by atoms with Gasteiger partial charge in [-0.15, -0.1) is 12.4 Å². The summed E-state index contributed by atoms with van der Waals surface area (Å²) in [6.07, 6.45) is 7.52. The van der Waals surface area contributed by atoms with Crippen LogP contribution in [-0.2, 0) is 4.79 Å². The van der Waals surface area contributed by atoms with Gasteiger partial charge in [0.1, 0.15) is 0 Å². The standard InChI is InChI=1S/C13H26N2O.ClH/c1-3-11-5-4-6-12(9-11)15-13(16)8-7-10(2)14;/h10-12H,3-9,14H2,1-2H3,(H,15,16);1H. The molecule has 3 nitrogen and oxygen atoms in total. The molecule has 0 aromatic heterocycles. The maximum atomic E-state index is 11.6. The van der Waals surface area contributed by atoms with E-state index in [9.17, 15) is 4.79 Å². The molecule has 0 saturated heterocycles. The number of carbonyl (C=O) groups excluding carboxylic acids is 1. The molecule has 102 valence electrons. The summed E-state index contributed by atoms with van der Waals surface area (Å²) < 4.78 is 0. The Labute approximate surface area is 111 Å². The average molecular weight is 263 g/mol. The molecule has 1 amide bonds. The average Bonchev–Trinajstić information content (AvgIpc) is 2.26. The summed E-state index contributed by atoms with van der Waals surface area (Å²) in [4.78, 5) is 11.6. The van der Waals surface area contributed by atoms with Gasteiger partial charge in [0.05, 0.1) is 0 Å². The van der Waals surface area contributed by atoms with Crippen molar-refractivity contribution in [1.82, 2.24) is 5.32 Å². The van der Waals surface area contributed by atoms with Gasteiger partial charge in [-0.05, 0) is 32.1 Å². The molecule has 1 saturated carbocycles. The van der Waals surface area contributed by atoms with Gasteiger partial charge in [-0.25, -0.2) is 0 Å². The predicted octanol–water partition coefficient (Wildman–Crippen LogP) is 2.62. The Morgan fingerprint density at radius 3 is 2.76 bits per heavy atom. The van der Waals surface area contributed by atoms with E-state index in [4.69, 9.17) is 5.73 Å². The molecular weight excluding hydrogens is 236 g/mol. The molecule has 1 aliphatic rings. The van der Waals surface area contributed by atoms with Crippen molar-refractivity contribution in [1.29, 1.82) is 0 Å². The number of halogens is 1. The van der Waals surface area contributed by atoms with Crippen LogP contribution >= 0.6 is 12.4 Å². The highest BCUT2D eigenvalue weighted by Gasteiger charge is 2.21. The van der Waals surface area contributed by atoms with E-state index in [2.05, 4.69) is 12.2 Å². The van der Waals surface area contributed by atoms with Gasteiger partial charge in [-0.3, -0.25) is 4.79 Å². The van der Waals surface area contributed by atoms with E-state index >= 15 is 0 Å². The van der Waals surface area contributed by atoms with Crippen LogP contribution in [0.15, 0.2) is 0 Å². The van der Waals surface area contributed by atoms with Gasteiger partial charge >= 0.3 is 0 Å². The van der Waals surface area contributed by atoms with Crippen LogP contribution in [0.2, 0.25) is 0 Å². The topological polar surface area (TPSA) is 55.1 Å². The lowest BCUT2D eigenvalue weighted by Crippen LogP contribution is -2.38. The third-order valence-corrected chi connectivity index (χ3v) is 3.55. The molecule has 4 heteroatoms. The monoisotopic (exact) mass is 262 g/mol. The van der Waals surface area contributed by atoms with Crippen molar-refractivity contribution in [2.75, 3.05) is 0 Å². The van der Waals surface area contributed by atoms with E-state index in [1.165, 1.54) is 25.7 Å². The number of nitrogens with one attached hydrogen (secondary N) is 1. The third-order valence-electron chi connectivity index (χ3n) is 3.55. The number of nitrogens with two attached hydrogens (primary N) is 1. The predicted molar refractivity (Wildman–Crippen MR) is 74.3 cm³/mol. The van der Waals surface area contributed by atoms with E-state index in [-0.39, 0.29) is 24.4 Å². The van der Waals surface area contributed by atoms with Crippen molar-refractivity contribution in [3.63, 3.8) is 0 Å². The smallest absolute Gasteiger partial charge is 0.220 e. The van der Waals surface area contributed by atoms with E-state index in [0.717, 1.165) is 18.8 Å². The molecule has 3 N–H and O–H groups in total. The molecule has 0 aromatic rings. The molecular formula is C13H27ClN2O. The van der Waals surface area contributed by atoms with E-state index in [0.29, 0.717) is 12.5 Å². The summed E-state index contributed by atoms with van der Waals surface area (Å²) in [5.41, 5.74) is 5.64. The molecule has 17 heavy (non-hydrogen) atoms. The van der Waals surface area contributed by atoms with Crippen LogP contribution in [0.1, 0.15) is 58.8 Å². The molecule has 0 spiro atoms. The fourth-order valence-corrected chi connectivity index (χ4v) is 2.45. The van der Waals surface area contributed by atoms with Crippen LogP contribution in [0.5, 0.6) is 0 Å². The van der Waals surface area contributed by atoms with Crippen molar-refractivity contribution >= 4 is 18.3 Å². The summed E-state index contributed by atoms with van der Waals surface area (Å²) in [5, 5.41) is 3.14. The molecule has 0 aliphatic heterocycles. The lowest BCUT2D eigenvalue weighted by molar-refractivity contribution is -0.122. The van der Waals surface area contributed by atoms with Gasteiger partial charge < -0.3 is 11.1 Å². The number of hydrogen-bond donors (Lipinski definition) is 2. The van der Waals surface area contributed by atoms with Crippen molar-refractivity contribution < 1.29 is 4.79 Å². The van der Waals surface area contributed by atoms with Crippen molar-refractivity contribution in [2.24, 2.45) is 11.7 Å². The van der Waals surface area contributed by atoms with Crippen LogP contribution in [0.25, 0.3) is 0 Å². The maximum Gasteiger partial charge on any atom is 0.220 e. The fraction of sp³-hybridized carbons (Fsp3) is 0.923. The number of amides is 1. The summed E-state index contributed by atoms with van der Waals surface area (Å²) in [6, 6.07) is 0.541. The molecule has 0 aromatic carbocycles. The lowest BCUT2D eigenvalue weighted by Gasteiger charge is -2.29. The second-order valence-corrected chi connectivity index (χ2v) is 5.22. The largest absolute Gasteiger partial charge is 0.353 e. The summed E-state index contributed by atoms with van der Waals surface area (Å²) in [7, 11) is 0. The zero-order valence-electron chi connectivity index (χ0n) is 11.1. The lowest BCUT2D eigenvalue weighted by atomic mass is 9.84. The zero-order chi connectivity index (χ0) is 12.0. The Hall–Kier alpha value is -0.280. The van der Waals surface area contributed by atoms with Crippen LogP contribution < -0.4 is 11.1 Å². The Balaban J connectivity index is 0.00000256. The summed E-state index contributed by atoms with van der Waals surface area (Å²) in [6.45, 7) is 4.19. The Morgan fingerprint density at radius 2 is 2.18 bits per heavy atom. The first-order valence-electron chi connectivity index (χ1n) is 6.66. The van der Waals surface area contributed by atoms with Crippen molar-refractivity contribution in [2.45, 2.75) is 70.9 Å². The molecule has 3 unspecified atom stereocenters. The van der Waals surface area contributed by atoms with E-state index in [1.807, 2.05) is 6.92 Å². The number of rotatable bonds is 5. The van der Waals surface area contributed by atoms with Gasteiger partial charge in [0.2, 0.25) is 5.91 Å². The van der Waals surface area contributed by atoms with Gasteiger partial charge in [0.25, 0.3) is 0 Å². The van der Waals surface area contributed by atoms with Gasteiger partial charge in [-0.1, -0.05) is 26.2 Å². The highest BCUT2D eigenvalue weighted by Crippen LogP contribution is 2.26. The van der Waals surface area contributed by atoms with Gasteiger partial charge in [0.15, 0.2) is 0 Å². The first-order chi connectivity index (χ1) is 7.61. The molecule has 0 bridgehead atoms. The van der Waals surface area contributed by atoms with Gasteiger partial charge in [-0.2, -0.15) is 0 Å². The molecule has 1 fully saturated rings. The SMILES string of the molecule is CCC1CCCC(NC(=O)CCC(C)N)C1.Cl. The van der Waals surface area contributed by atoms with Crippen LogP contribution in [0.4, 0.5) is 0 Å². The molecule has 0 radical (unpaired) electrons. The third kappa shape index (κ3) is 6.89. The molecule has 3 atom stereocenters. The van der Waals surface area contributed by atoms with Crippen LogP contribution in [0.3, 0.4) is 0 Å². The fourth-order valence-electron chi connectivity index (χ4n) is 2.45. The number of hydrogen-bond acceptors (Lipinski definition) is 2. The molecule has 1 aliphatic carbocycles. The van der Waals surface area contributed by atoms with E-state index < -0.39 is 0 Å². The first-order valence-corrected chi connectivity index (χ1v) is 6.66. The van der Waals surface area contributed by atoms with Crippen LogP contribution in [0, 0.1) is 5.92 Å². The summed E-state index contributed by atoms with van der Waals surface area (Å²) in [5.74, 6) is 0.992. The zero-order valence-corrected chi connectivity index (χ0v) is 11.9. The minimum atomic E-state index is 0. The second-order valence-electron chi connectivity index (χ2n) is 5.22. The molecule has 0 heterocycles. The van der Waals surface area contributed by atoms with Gasteiger partial charge in [0, 0.05) is 18.5 Å². The quantitative estimate of drug-likeness (QED) is 0.800. The highest BCUT2D eigenvalue weighted by atomic mass is 35.5. The van der Waals surface area contributed by atoms with E-state index in [1.54, 1.807) is 0 Å². The normalized spacial score (nSPS) is 25.8. The Bertz CT molecular complexity index is 221. The second kappa shape index (κ2) is 8.76. The summed E-state index contributed by atoms with van der Waals surface area (Å²) >= 11 is 0. The van der Waals surface area contributed by atoms with Crippen LogP contribution in [-0.4, -0.2) is 18.0 Å². The minimum absolute atomic E-state index is 0. The Kier molecular flexibility index (Phi) is 8.61. The van der Waals surface area contributed by atoms with Crippen molar-refractivity contribution in [3.05, 3.63) is 0 Å². The Morgan fingerprint density at radius 1 is 1.47 bits per heavy atom. The first kappa shape index (κ1) is 16.7. The number of carbonyl (C=O) groups is 1. The molecule has 1 rings (SSSR count). The minimum Gasteiger partial charge on any atom is -0.353 e. The maximum absolute atomic E-state index is 11.6. The highest BCUT2D eigenvalue weighted by molar-refractivity contribution is 5.85. The van der Waals surface area contributed by atoms with Crippen molar-refractivity contribution in [3.8, 4) is 0 Å².